The van der Waals surface area contributed by atoms with Crippen molar-refractivity contribution < 1.29 is 9.59 Å². The molecule has 8 nitrogen and oxygen atoms in total. The van der Waals surface area contributed by atoms with Gasteiger partial charge in [0.1, 0.15) is 6.54 Å². The Labute approximate surface area is 150 Å². The third-order valence-electron chi connectivity index (χ3n) is 3.85. The Bertz CT molecular complexity index is 905. The number of rotatable bonds is 6. The number of benzene rings is 2. The Hall–Kier alpha value is -3.55. The van der Waals surface area contributed by atoms with Crippen molar-refractivity contribution in [3.05, 3.63) is 65.7 Å². The molecule has 0 unspecified atom stereocenters. The number of nitrogens with two attached hydrogens (primary N) is 1. The van der Waals surface area contributed by atoms with Crippen molar-refractivity contribution in [2.45, 2.75) is 13.1 Å². The number of aromatic nitrogens is 4. The van der Waals surface area contributed by atoms with E-state index in [1.165, 1.54) is 4.80 Å². The van der Waals surface area contributed by atoms with Gasteiger partial charge in [-0.1, -0.05) is 42.5 Å². The first-order valence-electron chi connectivity index (χ1n) is 7.99. The molecule has 0 atom stereocenters. The summed E-state index contributed by atoms with van der Waals surface area (Å²) in [5.41, 5.74) is 7.35. The summed E-state index contributed by atoms with van der Waals surface area (Å²) in [6.45, 7) is 0.505. The zero-order chi connectivity index (χ0) is 18.5. The van der Waals surface area contributed by atoms with Crippen LogP contribution in [0.1, 0.15) is 15.9 Å². The number of carbonyl (C=O) groups excluding carboxylic acids is 2. The smallest absolute Gasteiger partial charge is 0.248 e. The number of amides is 2. The minimum atomic E-state index is -0.500. The minimum Gasteiger partial charge on any atom is -0.366 e. The summed E-state index contributed by atoms with van der Waals surface area (Å²) in [4.78, 5) is 26.3. The van der Waals surface area contributed by atoms with Crippen LogP contribution in [0.2, 0.25) is 0 Å². The lowest BCUT2D eigenvalue weighted by Crippen LogP contribution is -2.30. The molecule has 132 valence electrons. The second-order valence-electron chi connectivity index (χ2n) is 5.82. The molecule has 1 aromatic heterocycles. The monoisotopic (exact) mass is 350 g/mol. The number of nitrogens with zero attached hydrogens (tertiary/aromatic N) is 5. The predicted octanol–water partition coefficient (Wildman–Crippen LogP) is 1.10. The summed E-state index contributed by atoms with van der Waals surface area (Å²) in [5.74, 6) is -0.248. The average Bonchev–Trinajstić information content (AvgIpc) is 3.11. The number of hydrogen-bond acceptors (Lipinski definition) is 5. The van der Waals surface area contributed by atoms with Crippen LogP contribution in [-0.2, 0) is 17.9 Å². The van der Waals surface area contributed by atoms with E-state index in [0.29, 0.717) is 23.5 Å². The average molecular weight is 350 g/mol. The Morgan fingerprint density at radius 1 is 1.08 bits per heavy atom. The van der Waals surface area contributed by atoms with E-state index < -0.39 is 5.91 Å². The molecule has 2 amide bonds. The van der Waals surface area contributed by atoms with Crippen LogP contribution in [0.15, 0.2) is 54.6 Å². The van der Waals surface area contributed by atoms with Crippen LogP contribution in [0, 0.1) is 0 Å². The zero-order valence-corrected chi connectivity index (χ0v) is 14.2. The normalized spacial score (nSPS) is 10.5. The minimum absolute atomic E-state index is 0.00426. The van der Waals surface area contributed by atoms with Crippen LogP contribution in [0.5, 0.6) is 0 Å². The largest absolute Gasteiger partial charge is 0.366 e. The van der Waals surface area contributed by atoms with Gasteiger partial charge in [-0.05, 0) is 22.9 Å². The summed E-state index contributed by atoms with van der Waals surface area (Å²) in [5, 5.41) is 12.1. The lowest BCUT2D eigenvalue weighted by atomic mass is 10.1. The van der Waals surface area contributed by atoms with Crippen molar-refractivity contribution >= 4 is 11.8 Å². The molecule has 2 aromatic carbocycles. The maximum absolute atomic E-state index is 12.3. The number of tetrazole rings is 1. The number of likely N-dealkylation sites (N-methyl/N-ethyl adjacent to an activating group) is 1. The molecule has 0 fully saturated rings. The Morgan fingerprint density at radius 3 is 2.42 bits per heavy atom. The van der Waals surface area contributed by atoms with E-state index in [1.54, 1.807) is 36.2 Å². The number of hydrogen-bond donors (Lipinski definition) is 1. The highest BCUT2D eigenvalue weighted by Crippen LogP contribution is 2.14. The first-order chi connectivity index (χ1) is 12.5. The third-order valence-corrected chi connectivity index (χ3v) is 3.85. The second kappa shape index (κ2) is 7.56. The molecule has 8 heteroatoms. The van der Waals surface area contributed by atoms with Crippen molar-refractivity contribution in [3.8, 4) is 11.4 Å². The van der Waals surface area contributed by atoms with Crippen LogP contribution in [0.4, 0.5) is 0 Å². The lowest BCUT2D eigenvalue weighted by Gasteiger charge is -2.16. The van der Waals surface area contributed by atoms with E-state index >= 15 is 0 Å². The van der Waals surface area contributed by atoms with Crippen molar-refractivity contribution in [2.24, 2.45) is 5.73 Å². The van der Waals surface area contributed by atoms with Crippen molar-refractivity contribution in [1.29, 1.82) is 0 Å². The fourth-order valence-electron chi connectivity index (χ4n) is 2.40. The van der Waals surface area contributed by atoms with Gasteiger partial charge >= 0.3 is 0 Å². The number of primary amides is 1. The van der Waals surface area contributed by atoms with E-state index in [0.717, 1.165) is 5.56 Å². The highest BCUT2D eigenvalue weighted by Gasteiger charge is 2.13. The van der Waals surface area contributed by atoms with Gasteiger partial charge in [0.15, 0.2) is 0 Å². The van der Waals surface area contributed by atoms with Crippen molar-refractivity contribution in [1.82, 2.24) is 25.1 Å². The molecule has 0 spiro atoms. The highest BCUT2D eigenvalue weighted by molar-refractivity contribution is 5.93. The maximum atomic E-state index is 12.3. The van der Waals surface area contributed by atoms with Crippen LogP contribution < -0.4 is 5.73 Å². The second-order valence-corrected chi connectivity index (χ2v) is 5.82. The van der Waals surface area contributed by atoms with Crippen molar-refractivity contribution in [2.75, 3.05) is 7.05 Å². The predicted molar refractivity (Wildman–Crippen MR) is 94.7 cm³/mol. The van der Waals surface area contributed by atoms with E-state index in [1.807, 2.05) is 30.3 Å². The van der Waals surface area contributed by atoms with Gasteiger partial charge in [-0.25, -0.2) is 0 Å². The SMILES string of the molecule is CN(Cc1ccccc1)C(=O)Cn1nnc(-c2ccc(C(N)=O)cc2)n1. The Kier molecular flexibility index (Phi) is 5.02. The molecular formula is C18H18N6O2. The summed E-state index contributed by atoms with van der Waals surface area (Å²) in [6.07, 6.45) is 0. The maximum Gasteiger partial charge on any atom is 0.248 e. The van der Waals surface area contributed by atoms with Gasteiger partial charge in [-0.15, -0.1) is 10.2 Å². The van der Waals surface area contributed by atoms with E-state index in [4.69, 9.17) is 5.73 Å². The van der Waals surface area contributed by atoms with Gasteiger partial charge in [0.05, 0.1) is 0 Å². The quantitative estimate of drug-likeness (QED) is 0.716. The van der Waals surface area contributed by atoms with Crippen LogP contribution in [0.25, 0.3) is 11.4 Å². The summed E-state index contributed by atoms with van der Waals surface area (Å²) in [7, 11) is 1.73. The molecule has 0 aliphatic heterocycles. The van der Waals surface area contributed by atoms with E-state index in [-0.39, 0.29) is 12.5 Å². The van der Waals surface area contributed by atoms with Gasteiger partial charge in [0.25, 0.3) is 0 Å². The van der Waals surface area contributed by atoms with Gasteiger partial charge in [0.2, 0.25) is 17.6 Å². The van der Waals surface area contributed by atoms with Gasteiger partial charge in [-0.3, -0.25) is 9.59 Å². The number of carbonyl (C=O) groups is 2. The Morgan fingerprint density at radius 2 is 1.77 bits per heavy atom. The van der Waals surface area contributed by atoms with Gasteiger partial charge in [-0.2, -0.15) is 4.80 Å². The molecule has 2 N–H and O–H groups in total. The zero-order valence-electron chi connectivity index (χ0n) is 14.2. The van der Waals surface area contributed by atoms with Crippen LogP contribution in [0.3, 0.4) is 0 Å². The summed E-state index contributed by atoms with van der Waals surface area (Å²) < 4.78 is 0. The molecule has 0 saturated heterocycles. The molecule has 0 aliphatic rings. The molecule has 3 aromatic rings. The van der Waals surface area contributed by atoms with Gasteiger partial charge < -0.3 is 10.6 Å². The molecule has 0 radical (unpaired) electrons. The summed E-state index contributed by atoms with van der Waals surface area (Å²) >= 11 is 0. The fraction of sp³-hybridized carbons (Fsp3) is 0.167. The molecule has 0 bridgehead atoms. The van der Waals surface area contributed by atoms with Crippen molar-refractivity contribution in [3.63, 3.8) is 0 Å². The molecular weight excluding hydrogens is 332 g/mol. The standard InChI is InChI=1S/C18H18N6O2/c1-23(11-13-5-3-2-4-6-13)16(25)12-24-21-18(20-22-24)15-9-7-14(8-10-15)17(19)26/h2-10H,11-12H2,1H3,(H2,19,26). The summed E-state index contributed by atoms with van der Waals surface area (Å²) in [6, 6.07) is 16.3. The third kappa shape index (κ3) is 4.10. The molecule has 0 saturated carbocycles. The topological polar surface area (TPSA) is 107 Å². The molecule has 3 rings (SSSR count). The van der Waals surface area contributed by atoms with E-state index in [9.17, 15) is 9.59 Å². The van der Waals surface area contributed by atoms with Gasteiger partial charge in [0, 0.05) is 24.7 Å². The van der Waals surface area contributed by atoms with Crippen LogP contribution in [-0.4, -0.2) is 44.0 Å². The van der Waals surface area contributed by atoms with Crippen LogP contribution >= 0.6 is 0 Å². The lowest BCUT2D eigenvalue weighted by molar-refractivity contribution is -0.131. The highest BCUT2D eigenvalue weighted by atomic mass is 16.2. The molecule has 1 heterocycles. The Balaban J connectivity index is 1.64. The first kappa shape index (κ1) is 17.3. The molecule has 26 heavy (non-hydrogen) atoms. The van der Waals surface area contributed by atoms with E-state index in [2.05, 4.69) is 15.4 Å². The molecule has 0 aliphatic carbocycles. The fourth-order valence-corrected chi connectivity index (χ4v) is 2.40. The first-order valence-corrected chi connectivity index (χ1v) is 7.99.